The third-order valence-electron chi connectivity index (χ3n) is 4.11. The van der Waals surface area contributed by atoms with Gasteiger partial charge in [-0.15, -0.1) is 11.3 Å². The molecule has 22 heavy (non-hydrogen) atoms. The maximum atomic E-state index is 12.6. The Morgan fingerprint density at radius 3 is 2.95 bits per heavy atom. The Kier molecular flexibility index (Phi) is 4.54. The molecule has 1 fully saturated rings. The molecule has 0 spiro atoms. The molecule has 1 saturated heterocycles. The van der Waals surface area contributed by atoms with Crippen molar-refractivity contribution < 1.29 is 4.79 Å². The van der Waals surface area contributed by atoms with Gasteiger partial charge < -0.3 is 9.47 Å². The first-order valence-corrected chi connectivity index (χ1v) is 8.83. The van der Waals surface area contributed by atoms with Gasteiger partial charge in [0.05, 0.1) is 9.21 Å². The highest BCUT2D eigenvalue weighted by Gasteiger charge is 2.28. The molecular formula is C16H20ClN3OS. The van der Waals surface area contributed by atoms with Crippen LogP contribution < -0.4 is 0 Å². The van der Waals surface area contributed by atoms with Gasteiger partial charge in [0.2, 0.25) is 0 Å². The van der Waals surface area contributed by atoms with Crippen molar-refractivity contribution in [3.05, 3.63) is 39.6 Å². The van der Waals surface area contributed by atoms with E-state index in [2.05, 4.69) is 23.4 Å². The molecule has 1 aliphatic heterocycles. The Balaban J connectivity index is 1.77. The normalized spacial score (nSPS) is 18.9. The summed E-state index contributed by atoms with van der Waals surface area (Å²) in [6, 6.07) is 3.99. The van der Waals surface area contributed by atoms with Crippen LogP contribution in [-0.2, 0) is 0 Å². The summed E-state index contributed by atoms with van der Waals surface area (Å²) >= 11 is 7.29. The van der Waals surface area contributed by atoms with Crippen LogP contribution in [-0.4, -0.2) is 33.4 Å². The highest BCUT2D eigenvalue weighted by molar-refractivity contribution is 7.17. The van der Waals surface area contributed by atoms with Gasteiger partial charge >= 0.3 is 0 Å². The number of nitrogens with zero attached hydrogens (tertiary/aromatic N) is 3. The Morgan fingerprint density at radius 1 is 1.45 bits per heavy atom. The lowest BCUT2D eigenvalue weighted by atomic mass is 9.96. The second-order valence-electron chi connectivity index (χ2n) is 5.98. The molecule has 0 saturated carbocycles. The summed E-state index contributed by atoms with van der Waals surface area (Å²) in [7, 11) is 0. The number of carbonyl (C=O) groups is 1. The fourth-order valence-corrected chi connectivity index (χ4v) is 4.05. The van der Waals surface area contributed by atoms with Crippen molar-refractivity contribution in [1.82, 2.24) is 14.5 Å². The first-order valence-electron chi connectivity index (χ1n) is 7.63. The standard InChI is InChI=1S/C16H20ClN3OS/c1-11(2)20-9-7-18-15(20)12-4-3-8-19(10-12)16(21)13-5-6-14(17)22-13/h5-7,9,11-12H,3-4,8,10H2,1-2H3/t12-/m1/s1. The van der Waals surface area contributed by atoms with Crippen LogP contribution in [0.25, 0.3) is 0 Å². The molecule has 0 aromatic carbocycles. The molecule has 2 aromatic rings. The van der Waals surface area contributed by atoms with Gasteiger partial charge in [0, 0.05) is 37.4 Å². The van der Waals surface area contributed by atoms with Crippen molar-refractivity contribution in [2.45, 2.75) is 38.6 Å². The Morgan fingerprint density at radius 2 is 2.27 bits per heavy atom. The van der Waals surface area contributed by atoms with E-state index in [9.17, 15) is 4.79 Å². The summed E-state index contributed by atoms with van der Waals surface area (Å²) in [6.07, 6.45) is 5.98. The Bertz CT molecular complexity index is 664. The van der Waals surface area contributed by atoms with Crippen LogP contribution in [0.1, 0.15) is 54.1 Å². The topological polar surface area (TPSA) is 38.1 Å². The van der Waals surface area contributed by atoms with E-state index < -0.39 is 0 Å². The second-order valence-corrected chi connectivity index (χ2v) is 7.70. The van der Waals surface area contributed by atoms with E-state index in [0.29, 0.717) is 16.3 Å². The molecule has 4 nitrogen and oxygen atoms in total. The van der Waals surface area contributed by atoms with E-state index in [1.807, 2.05) is 23.4 Å². The molecule has 3 heterocycles. The monoisotopic (exact) mass is 337 g/mol. The van der Waals surface area contributed by atoms with Gasteiger partial charge in [-0.05, 0) is 38.8 Å². The van der Waals surface area contributed by atoms with Gasteiger partial charge in [-0.25, -0.2) is 4.98 Å². The SMILES string of the molecule is CC(C)n1ccnc1[C@@H]1CCCN(C(=O)c2ccc(Cl)s2)C1. The first kappa shape index (κ1) is 15.6. The summed E-state index contributed by atoms with van der Waals surface area (Å²) in [5.41, 5.74) is 0. The number of piperidine rings is 1. The number of amides is 1. The number of halogens is 1. The van der Waals surface area contributed by atoms with Crippen molar-refractivity contribution in [2.24, 2.45) is 0 Å². The fraction of sp³-hybridized carbons (Fsp3) is 0.500. The van der Waals surface area contributed by atoms with Crippen LogP contribution in [0.4, 0.5) is 0 Å². The lowest BCUT2D eigenvalue weighted by Gasteiger charge is -2.32. The third-order valence-corrected chi connectivity index (χ3v) is 5.33. The number of aromatic nitrogens is 2. The molecule has 0 unspecified atom stereocenters. The van der Waals surface area contributed by atoms with Gasteiger partial charge in [-0.3, -0.25) is 4.79 Å². The molecule has 1 amide bonds. The summed E-state index contributed by atoms with van der Waals surface area (Å²) in [5.74, 6) is 1.49. The van der Waals surface area contributed by atoms with Gasteiger partial charge in [-0.2, -0.15) is 0 Å². The van der Waals surface area contributed by atoms with E-state index in [-0.39, 0.29) is 5.91 Å². The summed E-state index contributed by atoms with van der Waals surface area (Å²) in [5, 5.41) is 0. The largest absolute Gasteiger partial charge is 0.337 e. The van der Waals surface area contributed by atoms with Crippen molar-refractivity contribution in [1.29, 1.82) is 0 Å². The third kappa shape index (κ3) is 3.06. The number of thiophene rings is 1. The average Bonchev–Trinajstić information content (AvgIpc) is 3.15. The molecule has 0 N–H and O–H groups in total. The minimum atomic E-state index is 0.0873. The molecule has 0 aliphatic carbocycles. The van der Waals surface area contributed by atoms with Gasteiger partial charge in [0.25, 0.3) is 5.91 Å². The van der Waals surface area contributed by atoms with E-state index in [1.165, 1.54) is 11.3 Å². The second kappa shape index (κ2) is 6.42. The molecule has 1 atom stereocenters. The number of rotatable bonds is 3. The number of hydrogen-bond acceptors (Lipinski definition) is 3. The van der Waals surface area contributed by atoms with E-state index in [1.54, 1.807) is 6.07 Å². The first-order chi connectivity index (χ1) is 10.6. The molecule has 6 heteroatoms. The highest BCUT2D eigenvalue weighted by Crippen LogP contribution is 2.30. The van der Waals surface area contributed by atoms with E-state index in [0.717, 1.165) is 36.6 Å². The number of likely N-dealkylation sites (tertiary alicyclic amines) is 1. The molecule has 0 bridgehead atoms. The molecule has 2 aromatic heterocycles. The lowest BCUT2D eigenvalue weighted by Crippen LogP contribution is -2.39. The molecule has 0 radical (unpaired) electrons. The van der Waals surface area contributed by atoms with Crippen LogP contribution in [0.2, 0.25) is 4.34 Å². The smallest absolute Gasteiger partial charge is 0.263 e. The zero-order valence-corrected chi connectivity index (χ0v) is 14.4. The predicted molar refractivity (Wildman–Crippen MR) is 89.8 cm³/mol. The maximum absolute atomic E-state index is 12.6. The number of imidazole rings is 1. The average molecular weight is 338 g/mol. The summed E-state index contributed by atoms with van der Waals surface area (Å²) in [6.45, 7) is 5.86. The quantitative estimate of drug-likeness (QED) is 0.841. The summed E-state index contributed by atoms with van der Waals surface area (Å²) < 4.78 is 2.87. The van der Waals surface area contributed by atoms with Crippen molar-refractivity contribution in [3.8, 4) is 0 Å². The van der Waals surface area contributed by atoms with E-state index >= 15 is 0 Å². The molecule has 118 valence electrons. The van der Waals surface area contributed by atoms with Gasteiger partial charge in [-0.1, -0.05) is 11.6 Å². The number of hydrogen-bond donors (Lipinski definition) is 0. The van der Waals surface area contributed by atoms with Crippen LogP contribution in [0.3, 0.4) is 0 Å². The van der Waals surface area contributed by atoms with Crippen molar-refractivity contribution in [3.63, 3.8) is 0 Å². The zero-order valence-electron chi connectivity index (χ0n) is 12.8. The summed E-state index contributed by atoms with van der Waals surface area (Å²) in [4.78, 5) is 19.8. The van der Waals surface area contributed by atoms with Crippen LogP contribution >= 0.6 is 22.9 Å². The van der Waals surface area contributed by atoms with Crippen LogP contribution in [0.5, 0.6) is 0 Å². The molecule has 3 rings (SSSR count). The minimum absolute atomic E-state index is 0.0873. The molecular weight excluding hydrogens is 318 g/mol. The Hall–Kier alpha value is -1.33. The Labute approximate surface area is 139 Å². The van der Waals surface area contributed by atoms with E-state index in [4.69, 9.17) is 11.6 Å². The minimum Gasteiger partial charge on any atom is -0.337 e. The van der Waals surface area contributed by atoms with Gasteiger partial charge in [0.1, 0.15) is 5.82 Å². The molecule has 1 aliphatic rings. The van der Waals surface area contributed by atoms with Crippen molar-refractivity contribution >= 4 is 28.8 Å². The van der Waals surface area contributed by atoms with Crippen LogP contribution in [0, 0.1) is 0 Å². The van der Waals surface area contributed by atoms with Gasteiger partial charge in [0.15, 0.2) is 0 Å². The lowest BCUT2D eigenvalue weighted by molar-refractivity contribution is 0.0708. The maximum Gasteiger partial charge on any atom is 0.263 e. The zero-order chi connectivity index (χ0) is 15.7. The van der Waals surface area contributed by atoms with Crippen molar-refractivity contribution in [2.75, 3.05) is 13.1 Å². The van der Waals surface area contributed by atoms with Crippen LogP contribution in [0.15, 0.2) is 24.5 Å². The fourth-order valence-electron chi connectivity index (χ4n) is 3.03. The number of carbonyl (C=O) groups excluding carboxylic acids is 1. The highest BCUT2D eigenvalue weighted by atomic mass is 35.5. The predicted octanol–water partition coefficient (Wildman–Crippen LogP) is 4.20.